The highest BCUT2D eigenvalue weighted by Gasteiger charge is 2.25. The molecule has 0 saturated heterocycles. The molecule has 0 radical (unpaired) electrons. The van der Waals surface area contributed by atoms with Crippen LogP contribution in [0, 0.1) is 11.6 Å². The fourth-order valence-corrected chi connectivity index (χ4v) is 6.34. The molecule has 44 heavy (non-hydrogen) atoms. The van der Waals surface area contributed by atoms with Crippen molar-refractivity contribution in [1.82, 2.24) is 20.1 Å². The van der Waals surface area contributed by atoms with E-state index in [4.69, 9.17) is 10.7 Å². The first-order chi connectivity index (χ1) is 21.3. The van der Waals surface area contributed by atoms with Gasteiger partial charge in [-0.05, 0) is 36.1 Å². The number of alkyl halides is 1. The maximum absolute atomic E-state index is 15.2. The Labute approximate surface area is 268 Å². The number of phenols is 1. The number of nitrogens with two attached hydrogens (primary N) is 1. The quantitative estimate of drug-likeness (QED) is 0.157. The van der Waals surface area contributed by atoms with Crippen molar-refractivity contribution in [3.63, 3.8) is 0 Å². The number of thiophene rings is 1. The van der Waals surface area contributed by atoms with Gasteiger partial charge in [-0.3, -0.25) is 9.67 Å². The van der Waals surface area contributed by atoms with Crippen LogP contribution in [0.25, 0.3) is 49.1 Å². The number of aryl methyl sites for hydroxylation is 1. The number of phenolic OH excluding ortho intramolecular Hbond substituents is 1. The summed E-state index contributed by atoms with van der Waals surface area (Å²) in [6, 6.07) is 9.46. The number of aromatic nitrogens is 3. The minimum Gasteiger partial charge on any atom is -0.507 e. The van der Waals surface area contributed by atoms with Crippen LogP contribution in [0.4, 0.5) is 8.78 Å². The van der Waals surface area contributed by atoms with Crippen molar-refractivity contribution >= 4 is 59.7 Å². The van der Waals surface area contributed by atoms with Crippen LogP contribution in [0.1, 0.15) is 39.3 Å². The molecule has 0 aliphatic carbocycles. The number of hydrogen-bond donors (Lipinski definition) is 3. The minimum absolute atomic E-state index is 0.148. The lowest BCUT2D eigenvalue weighted by molar-refractivity contribution is 0.463. The molecule has 11 heteroatoms. The van der Waals surface area contributed by atoms with Crippen LogP contribution in [0.2, 0.25) is 0 Å². The van der Waals surface area contributed by atoms with Gasteiger partial charge in [-0.25, -0.2) is 13.8 Å². The normalized spacial score (nSPS) is 13.2. The summed E-state index contributed by atoms with van der Waals surface area (Å²) >= 11 is 4.68. The van der Waals surface area contributed by atoms with Crippen LogP contribution in [0.3, 0.4) is 0 Å². The van der Waals surface area contributed by atoms with Gasteiger partial charge in [0, 0.05) is 64.2 Å². The second kappa shape index (κ2) is 15.4. The fraction of sp³-hybridized carbons (Fsp3) is 0.303. The lowest BCUT2D eigenvalue weighted by atomic mass is 9.96. The highest BCUT2D eigenvalue weighted by atomic mass is 79.9. The van der Waals surface area contributed by atoms with Crippen LogP contribution in [-0.4, -0.2) is 50.5 Å². The molecule has 0 atom stereocenters. The lowest BCUT2D eigenvalue weighted by Gasteiger charge is -2.17. The molecule has 1 aliphatic rings. The molecule has 232 valence electrons. The van der Waals surface area contributed by atoms with E-state index in [0.29, 0.717) is 29.0 Å². The second-order valence-corrected chi connectivity index (χ2v) is 11.6. The lowest BCUT2D eigenvalue weighted by Crippen LogP contribution is -2.30. The van der Waals surface area contributed by atoms with Crippen molar-refractivity contribution in [2.75, 3.05) is 25.0 Å². The monoisotopic (exact) mass is 682 g/mol. The molecule has 3 aromatic heterocycles. The number of aliphatic imine (C=N–C) groups is 1. The third kappa shape index (κ3) is 7.17. The summed E-state index contributed by atoms with van der Waals surface area (Å²) in [4.78, 5) is 9.45. The van der Waals surface area contributed by atoms with Crippen molar-refractivity contribution in [3.8, 4) is 28.1 Å². The van der Waals surface area contributed by atoms with E-state index in [1.54, 1.807) is 17.0 Å². The molecule has 4 N–H and O–H groups in total. The number of aromatic hydroxyl groups is 1. The standard InChI is InChI=1S/C27H22F2N6OS.C4H9Br.C2H6/c1-35-21-3-2-14(8-15(21)12-33-35)25-18-4-7-37-27(18)24(23-19(29)9-16(28)10-22(23)36)26(34-25)20(30)11-17-13-31-5-6-32-17;1-2-3-4-5;1-2/h2-4,7-12,31,36H,5-6,13,30H2,1H3;2-4H2,1H3;1-2H3/b20-11-;;. The van der Waals surface area contributed by atoms with Crippen molar-refractivity contribution in [3.05, 3.63) is 71.4 Å². The average molecular weight is 684 g/mol. The largest absolute Gasteiger partial charge is 0.507 e. The SMILES string of the molecule is CC.CCCCBr.Cn1ncc2cc(-c3nc(/C(N)=C/C4=NCCNC4)c(-c4c(O)cc(F)cc4F)c4sccc34)ccc21. The van der Waals surface area contributed by atoms with Crippen molar-refractivity contribution in [2.24, 2.45) is 17.8 Å². The summed E-state index contributed by atoms with van der Waals surface area (Å²) in [5, 5.41) is 23.0. The first-order valence-electron chi connectivity index (χ1n) is 14.6. The van der Waals surface area contributed by atoms with E-state index in [1.807, 2.05) is 50.5 Å². The number of benzene rings is 2. The van der Waals surface area contributed by atoms with E-state index in [9.17, 15) is 9.50 Å². The molecule has 0 unspecified atom stereocenters. The van der Waals surface area contributed by atoms with Crippen LogP contribution in [0.15, 0.2) is 59.0 Å². The van der Waals surface area contributed by atoms with E-state index in [-0.39, 0.29) is 17.0 Å². The Kier molecular flexibility index (Phi) is 11.6. The van der Waals surface area contributed by atoms with Gasteiger partial charge in [0.25, 0.3) is 0 Å². The molecule has 0 spiro atoms. The first-order valence-corrected chi connectivity index (χ1v) is 16.6. The van der Waals surface area contributed by atoms with E-state index in [1.165, 1.54) is 24.2 Å². The number of pyridine rings is 1. The van der Waals surface area contributed by atoms with Crippen molar-refractivity contribution in [2.45, 2.75) is 33.6 Å². The number of rotatable bonds is 6. The Morgan fingerprint density at radius 2 is 1.98 bits per heavy atom. The number of nitrogens with one attached hydrogen (secondary N) is 1. The van der Waals surface area contributed by atoms with E-state index in [2.05, 4.69) is 38.3 Å². The molecule has 0 bridgehead atoms. The molecule has 2 aromatic carbocycles. The molecule has 0 amide bonds. The predicted octanol–water partition coefficient (Wildman–Crippen LogP) is 8.05. The number of fused-ring (bicyclic) bond motifs is 2. The number of nitrogens with zero attached hydrogens (tertiary/aromatic N) is 4. The second-order valence-electron chi connectivity index (χ2n) is 9.86. The highest BCUT2D eigenvalue weighted by Crippen LogP contribution is 2.45. The summed E-state index contributed by atoms with van der Waals surface area (Å²) < 4.78 is 31.6. The molecule has 5 aromatic rings. The molecular formula is C33H37BrF2N6OS. The molecule has 4 heterocycles. The van der Waals surface area contributed by atoms with Crippen molar-refractivity contribution < 1.29 is 13.9 Å². The highest BCUT2D eigenvalue weighted by molar-refractivity contribution is 9.09. The Hall–Kier alpha value is -3.67. The summed E-state index contributed by atoms with van der Waals surface area (Å²) in [5.74, 6) is -2.29. The van der Waals surface area contributed by atoms with E-state index < -0.39 is 17.4 Å². The summed E-state index contributed by atoms with van der Waals surface area (Å²) in [7, 11) is 1.88. The van der Waals surface area contributed by atoms with Gasteiger partial charge in [0.1, 0.15) is 17.4 Å². The average Bonchev–Trinajstić information content (AvgIpc) is 3.66. The molecule has 1 aliphatic heterocycles. The summed E-state index contributed by atoms with van der Waals surface area (Å²) in [6.45, 7) is 8.11. The molecule has 7 nitrogen and oxygen atoms in total. The molecule has 0 saturated carbocycles. The Balaban J connectivity index is 0.000000576. The number of hydrogen-bond acceptors (Lipinski definition) is 7. The van der Waals surface area contributed by atoms with E-state index in [0.717, 1.165) is 51.6 Å². The molecular weight excluding hydrogens is 646 g/mol. The Morgan fingerprint density at radius 3 is 2.64 bits per heavy atom. The van der Waals surface area contributed by atoms with Gasteiger partial charge in [-0.2, -0.15) is 5.10 Å². The molecule has 6 rings (SSSR count). The van der Waals surface area contributed by atoms with Crippen LogP contribution in [-0.2, 0) is 7.05 Å². The van der Waals surface area contributed by atoms with Gasteiger partial charge in [-0.1, -0.05) is 49.2 Å². The van der Waals surface area contributed by atoms with Crippen LogP contribution < -0.4 is 11.1 Å². The maximum Gasteiger partial charge on any atom is 0.137 e. The van der Waals surface area contributed by atoms with Gasteiger partial charge in [-0.15, -0.1) is 11.3 Å². The Bertz CT molecular complexity index is 1790. The summed E-state index contributed by atoms with van der Waals surface area (Å²) in [5.41, 5.74) is 10.5. The Morgan fingerprint density at radius 1 is 1.18 bits per heavy atom. The van der Waals surface area contributed by atoms with Gasteiger partial charge in [0.15, 0.2) is 0 Å². The van der Waals surface area contributed by atoms with Gasteiger partial charge < -0.3 is 16.2 Å². The first kappa shape index (κ1) is 33.2. The van der Waals surface area contributed by atoms with Gasteiger partial charge in [0.05, 0.1) is 46.6 Å². The maximum atomic E-state index is 15.2. The van der Waals surface area contributed by atoms with Crippen LogP contribution >= 0.6 is 27.3 Å². The minimum atomic E-state index is -0.899. The summed E-state index contributed by atoms with van der Waals surface area (Å²) in [6.07, 6.45) is 6.10. The smallest absolute Gasteiger partial charge is 0.137 e. The fourth-order valence-electron chi connectivity index (χ4n) is 4.83. The molecule has 0 fully saturated rings. The number of halogens is 3. The third-order valence-corrected chi connectivity index (χ3v) is 8.40. The van der Waals surface area contributed by atoms with Crippen LogP contribution in [0.5, 0.6) is 5.75 Å². The van der Waals surface area contributed by atoms with Gasteiger partial charge in [0.2, 0.25) is 0 Å². The zero-order valence-corrected chi connectivity index (χ0v) is 27.7. The third-order valence-electron chi connectivity index (χ3n) is 6.90. The topological polar surface area (TPSA) is 101 Å². The van der Waals surface area contributed by atoms with Crippen molar-refractivity contribution in [1.29, 1.82) is 0 Å². The van der Waals surface area contributed by atoms with Gasteiger partial charge >= 0.3 is 0 Å². The zero-order chi connectivity index (χ0) is 31.8. The van der Waals surface area contributed by atoms with E-state index >= 15 is 4.39 Å². The zero-order valence-electron chi connectivity index (χ0n) is 25.3. The predicted molar refractivity (Wildman–Crippen MR) is 184 cm³/mol. The number of unbranched alkanes of at least 4 members (excludes halogenated alkanes) is 1.